The van der Waals surface area contributed by atoms with Crippen LogP contribution in [-0.4, -0.2) is 37.4 Å². The average molecular weight is 371 g/mol. The summed E-state index contributed by atoms with van der Waals surface area (Å²) in [6.45, 7) is 6.48. The minimum atomic E-state index is -2.45. The van der Waals surface area contributed by atoms with Gasteiger partial charge in [-0.25, -0.2) is 0 Å². The number of ether oxygens (including phenoxy) is 2. The van der Waals surface area contributed by atoms with Crippen molar-refractivity contribution in [1.82, 2.24) is 0 Å². The van der Waals surface area contributed by atoms with Crippen molar-refractivity contribution in [2.45, 2.75) is 57.3 Å². The molecule has 0 amide bonds. The molecule has 1 fully saturated rings. The van der Waals surface area contributed by atoms with Gasteiger partial charge in [0.25, 0.3) is 0 Å². The Balaban J connectivity index is 2.10. The van der Waals surface area contributed by atoms with Gasteiger partial charge in [0.15, 0.2) is 13.9 Å². The normalized spacial score (nSPS) is 20.8. The first-order valence-electron chi connectivity index (χ1n) is 9.60. The molecule has 1 aliphatic rings. The van der Waals surface area contributed by atoms with Crippen LogP contribution in [0.15, 0.2) is 60.7 Å². The van der Waals surface area contributed by atoms with Crippen LogP contribution in [-0.2, 0) is 9.47 Å². The summed E-state index contributed by atoms with van der Waals surface area (Å²) in [7, 11) is -2.45. The maximum absolute atomic E-state index is 11.7. The maximum atomic E-state index is 11.7. The third-order valence-electron chi connectivity index (χ3n) is 5.39. The number of aliphatic hydroxyl groups excluding tert-OH is 1. The van der Waals surface area contributed by atoms with Crippen molar-refractivity contribution in [1.29, 1.82) is 0 Å². The van der Waals surface area contributed by atoms with Gasteiger partial charge in [0.2, 0.25) is 0 Å². The zero-order valence-corrected chi connectivity index (χ0v) is 17.0. The largest absolute Gasteiger partial charge is 0.393 e. The number of unbranched alkanes of at least 4 members (excludes halogenated alkanes) is 1. The summed E-state index contributed by atoms with van der Waals surface area (Å²) in [5.74, 6) is -0.635. The number of hydrogen-bond donors (Lipinski definition) is 1. The van der Waals surface area contributed by atoms with Gasteiger partial charge in [-0.15, -0.1) is 0 Å². The molecular formula is C22H30O3Si. The van der Waals surface area contributed by atoms with Crippen LogP contribution in [0.25, 0.3) is 0 Å². The fraction of sp³-hybridized carbons (Fsp3) is 0.455. The predicted molar refractivity (Wildman–Crippen MR) is 109 cm³/mol. The third kappa shape index (κ3) is 3.79. The lowest BCUT2D eigenvalue weighted by Gasteiger charge is -2.39. The highest BCUT2D eigenvalue weighted by Gasteiger charge is 2.50. The van der Waals surface area contributed by atoms with Gasteiger partial charge in [-0.3, -0.25) is 0 Å². The van der Waals surface area contributed by atoms with E-state index >= 15 is 0 Å². The molecule has 2 aromatic rings. The minimum absolute atomic E-state index is 0.297. The second-order valence-corrected chi connectivity index (χ2v) is 11.8. The van der Waals surface area contributed by atoms with Gasteiger partial charge in [-0.1, -0.05) is 90.8 Å². The first-order chi connectivity index (χ1) is 12.5. The molecule has 3 nitrogen and oxygen atoms in total. The van der Waals surface area contributed by atoms with Gasteiger partial charge in [0.05, 0.1) is 12.3 Å². The summed E-state index contributed by atoms with van der Waals surface area (Å²) in [6.07, 6.45) is 1.90. The molecular weight excluding hydrogens is 340 g/mol. The lowest BCUT2D eigenvalue weighted by Crippen LogP contribution is -2.69. The number of hydrogen-bond acceptors (Lipinski definition) is 3. The van der Waals surface area contributed by atoms with Gasteiger partial charge in [0, 0.05) is 0 Å². The Hall–Kier alpha value is -1.46. The van der Waals surface area contributed by atoms with Crippen molar-refractivity contribution in [3.8, 4) is 0 Å². The smallest absolute Gasteiger partial charge is 0.163 e. The fourth-order valence-corrected chi connectivity index (χ4v) is 9.23. The molecule has 140 valence electrons. The molecule has 1 heterocycles. The second kappa shape index (κ2) is 8.05. The van der Waals surface area contributed by atoms with E-state index in [4.69, 9.17) is 9.47 Å². The number of rotatable bonds is 7. The van der Waals surface area contributed by atoms with Crippen LogP contribution in [0.5, 0.6) is 0 Å². The summed E-state index contributed by atoms with van der Waals surface area (Å²) < 4.78 is 11.9. The molecule has 0 bridgehead atoms. The Kier molecular flexibility index (Phi) is 5.98. The summed E-state index contributed by atoms with van der Waals surface area (Å²) in [5.41, 5.74) is -0.555. The molecule has 4 heteroatoms. The Morgan fingerprint density at radius 2 is 1.58 bits per heavy atom. The molecule has 0 aliphatic carbocycles. The molecule has 0 spiro atoms. The van der Waals surface area contributed by atoms with Crippen molar-refractivity contribution in [2.24, 2.45) is 0 Å². The van der Waals surface area contributed by atoms with Crippen molar-refractivity contribution < 1.29 is 14.6 Å². The van der Waals surface area contributed by atoms with Crippen LogP contribution in [0.2, 0.25) is 6.04 Å². The Morgan fingerprint density at radius 1 is 1.04 bits per heavy atom. The highest BCUT2D eigenvalue weighted by atomic mass is 28.3. The van der Waals surface area contributed by atoms with Crippen LogP contribution in [0, 0.1) is 0 Å². The summed E-state index contributed by atoms with van der Waals surface area (Å²) in [4.78, 5) is 0. The number of aliphatic hydroxyl groups is 1. The van der Waals surface area contributed by atoms with Crippen LogP contribution < -0.4 is 10.4 Å². The van der Waals surface area contributed by atoms with Crippen LogP contribution in [0.3, 0.4) is 0 Å². The first kappa shape index (κ1) is 19.3. The van der Waals surface area contributed by atoms with E-state index in [1.165, 1.54) is 10.4 Å². The van der Waals surface area contributed by atoms with E-state index in [1.807, 2.05) is 26.0 Å². The molecule has 3 rings (SSSR count). The quantitative estimate of drug-likeness (QED) is 0.761. The van der Waals surface area contributed by atoms with E-state index in [2.05, 4.69) is 55.5 Å². The van der Waals surface area contributed by atoms with Crippen molar-refractivity contribution in [3.63, 3.8) is 0 Å². The van der Waals surface area contributed by atoms with E-state index in [1.54, 1.807) is 0 Å². The average Bonchev–Trinajstić information content (AvgIpc) is 3.04. The van der Waals surface area contributed by atoms with Crippen LogP contribution in [0.1, 0.15) is 33.6 Å². The molecule has 1 aliphatic heterocycles. The molecule has 26 heavy (non-hydrogen) atoms. The molecule has 2 atom stereocenters. The lowest BCUT2D eigenvalue weighted by atomic mass is 10.3. The monoisotopic (exact) mass is 370 g/mol. The fourth-order valence-electron chi connectivity index (χ4n) is 4.06. The molecule has 1 saturated heterocycles. The van der Waals surface area contributed by atoms with E-state index in [0.717, 1.165) is 18.9 Å². The van der Waals surface area contributed by atoms with Crippen LogP contribution >= 0.6 is 0 Å². The Morgan fingerprint density at radius 3 is 2.00 bits per heavy atom. The van der Waals surface area contributed by atoms with Gasteiger partial charge >= 0.3 is 0 Å². The molecule has 0 saturated carbocycles. The maximum Gasteiger partial charge on any atom is 0.163 e. The van der Waals surface area contributed by atoms with E-state index in [-0.39, 0.29) is 6.10 Å². The summed E-state index contributed by atoms with van der Waals surface area (Å²) in [6, 6.07) is 22.1. The van der Waals surface area contributed by atoms with Crippen LogP contribution in [0.4, 0.5) is 0 Å². The van der Waals surface area contributed by atoms with Gasteiger partial charge in [-0.2, -0.15) is 0 Å². The minimum Gasteiger partial charge on any atom is -0.393 e. The van der Waals surface area contributed by atoms with E-state index in [0.29, 0.717) is 6.61 Å². The van der Waals surface area contributed by atoms with Crippen molar-refractivity contribution >= 4 is 18.4 Å². The molecule has 0 radical (unpaired) electrons. The predicted octanol–water partition coefficient (Wildman–Crippen LogP) is 3.10. The Bertz CT molecular complexity index is 648. The van der Waals surface area contributed by atoms with Crippen molar-refractivity contribution in [3.05, 3.63) is 60.7 Å². The lowest BCUT2D eigenvalue weighted by molar-refractivity contribution is -0.145. The molecule has 2 aromatic carbocycles. The SMILES string of the molecule is CCCC[Si](c1ccccc1)(c1ccccc1)[C@@H](O)C1COC(C)(C)O1. The standard InChI is InChI=1S/C22H30O3Si/c1-4-5-16-26(18-12-8-6-9-13-18,19-14-10-7-11-15-19)21(23)20-17-24-22(2,3)25-20/h6-15,20-21,23H,4-5,16-17H2,1-3H3/t20?,21-/m1/s1. The zero-order valence-electron chi connectivity index (χ0n) is 16.0. The van der Waals surface area contributed by atoms with E-state index in [9.17, 15) is 5.11 Å². The summed E-state index contributed by atoms with van der Waals surface area (Å²) in [5, 5.41) is 14.2. The first-order valence-corrected chi connectivity index (χ1v) is 11.9. The second-order valence-electron chi connectivity index (χ2n) is 7.62. The Labute approximate surface area is 158 Å². The van der Waals surface area contributed by atoms with Gasteiger partial charge < -0.3 is 14.6 Å². The topological polar surface area (TPSA) is 38.7 Å². The zero-order chi connectivity index (χ0) is 18.6. The summed E-state index contributed by atoms with van der Waals surface area (Å²) >= 11 is 0. The van der Waals surface area contributed by atoms with E-state index < -0.39 is 19.6 Å². The molecule has 0 aromatic heterocycles. The van der Waals surface area contributed by atoms with Gasteiger partial charge in [-0.05, 0) is 19.9 Å². The van der Waals surface area contributed by atoms with Gasteiger partial charge in [0.1, 0.15) is 6.10 Å². The number of benzene rings is 2. The molecule has 1 unspecified atom stereocenters. The highest BCUT2D eigenvalue weighted by Crippen LogP contribution is 2.30. The third-order valence-corrected chi connectivity index (χ3v) is 10.6. The molecule has 1 N–H and O–H groups in total. The highest BCUT2D eigenvalue weighted by molar-refractivity contribution is 7.03. The van der Waals surface area contributed by atoms with Crippen molar-refractivity contribution in [2.75, 3.05) is 6.61 Å².